The number of rotatable bonds is 4. The summed E-state index contributed by atoms with van der Waals surface area (Å²) in [7, 11) is 3.53. The van der Waals surface area contributed by atoms with Gasteiger partial charge in [-0.1, -0.05) is 0 Å². The molecule has 0 bridgehead atoms. The summed E-state index contributed by atoms with van der Waals surface area (Å²) in [6, 6.07) is 5.76. The highest BCUT2D eigenvalue weighted by molar-refractivity contribution is 5.97. The van der Waals surface area contributed by atoms with E-state index < -0.39 is 0 Å². The lowest BCUT2D eigenvalue weighted by atomic mass is 10.0. The average molecular weight is 369 g/mol. The smallest absolute Gasteiger partial charge is 0.257 e. The molecule has 0 atom stereocenters. The van der Waals surface area contributed by atoms with Crippen molar-refractivity contribution in [1.29, 1.82) is 0 Å². The van der Waals surface area contributed by atoms with Crippen LogP contribution in [-0.4, -0.2) is 59.5 Å². The van der Waals surface area contributed by atoms with Crippen LogP contribution in [0.5, 0.6) is 5.75 Å². The first-order valence-electron chi connectivity index (χ1n) is 9.22. The van der Waals surface area contributed by atoms with Crippen molar-refractivity contribution in [3.63, 3.8) is 0 Å². The zero-order valence-corrected chi connectivity index (χ0v) is 16.5. The van der Waals surface area contributed by atoms with Crippen LogP contribution in [0.25, 0.3) is 0 Å². The first-order chi connectivity index (χ1) is 12.9. The average Bonchev–Trinajstić information content (AvgIpc) is 3.07. The van der Waals surface area contributed by atoms with Crippen molar-refractivity contribution in [2.45, 2.75) is 20.3 Å². The van der Waals surface area contributed by atoms with Crippen molar-refractivity contribution in [2.24, 2.45) is 7.05 Å². The summed E-state index contributed by atoms with van der Waals surface area (Å²) < 4.78 is 7.35. The standard InChI is InChI=1S/C21H27N3O3/c1-15-11-18(19(27-4)12-16(15)2)21(26)24-9-7-23(8-10-24)20(25)13-17-5-6-22(3)14-17/h5-6,11-12,14H,7-10,13H2,1-4H3. The molecule has 27 heavy (non-hydrogen) atoms. The van der Waals surface area contributed by atoms with Crippen LogP contribution in [-0.2, 0) is 18.3 Å². The molecule has 2 heterocycles. The van der Waals surface area contributed by atoms with E-state index in [-0.39, 0.29) is 11.8 Å². The summed E-state index contributed by atoms with van der Waals surface area (Å²) in [5.74, 6) is 0.674. The Labute approximate surface area is 160 Å². The molecule has 0 aliphatic carbocycles. The topological polar surface area (TPSA) is 54.8 Å². The number of methoxy groups -OCH3 is 1. The van der Waals surface area contributed by atoms with Crippen molar-refractivity contribution in [3.05, 3.63) is 52.8 Å². The lowest BCUT2D eigenvalue weighted by Gasteiger charge is -2.35. The molecule has 2 aromatic rings. The Morgan fingerprint density at radius 1 is 1.04 bits per heavy atom. The van der Waals surface area contributed by atoms with Crippen molar-refractivity contribution in [1.82, 2.24) is 14.4 Å². The summed E-state index contributed by atoms with van der Waals surface area (Å²) >= 11 is 0. The van der Waals surface area contributed by atoms with Gasteiger partial charge in [-0.2, -0.15) is 0 Å². The first-order valence-corrected chi connectivity index (χ1v) is 9.22. The Morgan fingerprint density at radius 3 is 2.26 bits per heavy atom. The second-order valence-corrected chi connectivity index (χ2v) is 7.17. The fourth-order valence-electron chi connectivity index (χ4n) is 3.41. The molecule has 1 aromatic heterocycles. The fourth-order valence-corrected chi connectivity index (χ4v) is 3.41. The van der Waals surface area contributed by atoms with Crippen molar-refractivity contribution < 1.29 is 14.3 Å². The minimum atomic E-state index is -0.0369. The van der Waals surface area contributed by atoms with Gasteiger partial charge in [0, 0.05) is 45.6 Å². The van der Waals surface area contributed by atoms with Crippen LogP contribution in [0.4, 0.5) is 0 Å². The van der Waals surface area contributed by atoms with E-state index >= 15 is 0 Å². The van der Waals surface area contributed by atoms with Gasteiger partial charge in [0.25, 0.3) is 5.91 Å². The van der Waals surface area contributed by atoms with E-state index in [1.807, 2.05) is 61.0 Å². The molecule has 2 amide bonds. The minimum absolute atomic E-state index is 0.0369. The highest BCUT2D eigenvalue weighted by atomic mass is 16.5. The van der Waals surface area contributed by atoms with Crippen molar-refractivity contribution in [2.75, 3.05) is 33.3 Å². The lowest BCUT2D eigenvalue weighted by Crippen LogP contribution is -2.51. The number of piperazine rings is 1. The quantitative estimate of drug-likeness (QED) is 0.830. The number of hydrogen-bond donors (Lipinski definition) is 0. The Balaban J connectivity index is 1.62. The maximum absolute atomic E-state index is 13.0. The van der Waals surface area contributed by atoms with Crippen molar-refractivity contribution in [3.8, 4) is 5.75 Å². The molecule has 1 fully saturated rings. The Bertz CT molecular complexity index is 848. The first kappa shape index (κ1) is 19.0. The predicted octanol–water partition coefficient (Wildman–Crippen LogP) is 2.18. The highest BCUT2D eigenvalue weighted by Gasteiger charge is 2.26. The second-order valence-electron chi connectivity index (χ2n) is 7.17. The molecule has 144 valence electrons. The third-order valence-corrected chi connectivity index (χ3v) is 5.21. The maximum atomic E-state index is 13.0. The molecule has 1 aromatic carbocycles. The number of benzene rings is 1. The minimum Gasteiger partial charge on any atom is -0.496 e. The molecule has 1 aliphatic rings. The molecular formula is C21H27N3O3. The van der Waals surface area contributed by atoms with Gasteiger partial charge in [0.1, 0.15) is 5.75 Å². The Hall–Kier alpha value is -2.76. The van der Waals surface area contributed by atoms with Gasteiger partial charge in [-0.3, -0.25) is 9.59 Å². The molecule has 0 N–H and O–H groups in total. The molecule has 6 nitrogen and oxygen atoms in total. The maximum Gasteiger partial charge on any atom is 0.257 e. The largest absolute Gasteiger partial charge is 0.496 e. The number of carbonyl (C=O) groups is 2. The highest BCUT2D eigenvalue weighted by Crippen LogP contribution is 2.25. The SMILES string of the molecule is COc1cc(C)c(C)cc1C(=O)N1CCN(C(=O)Cc2ccn(C)c2)CC1. The van der Waals surface area contributed by atoms with Gasteiger partial charge in [-0.05, 0) is 48.7 Å². The number of amides is 2. The molecule has 1 saturated heterocycles. The van der Waals surface area contributed by atoms with E-state index in [9.17, 15) is 9.59 Å². The number of carbonyl (C=O) groups excluding carboxylic acids is 2. The van der Waals surface area contributed by atoms with Gasteiger partial charge in [0.2, 0.25) is 5.91 Å². The number of aryl methyl sites for hydroxylation is 3. The predicted molar refractivity (Wildman–Crippen MR) is 104 cm³/mol. The van der Waals surface area contributed by atoms with Gasteiger partial charge >= 0.3 is 0 Å². The summed E-state index contributed by atoms with van der Waals surface area (Å²) in [5.41, 5.74) is 3.76. The summed E-state index contributed by atoms with van der Waals surface area (Å²) in [5, 5.41) is 0. The summed E-state index contributed by atoms with van der Waals surface area (Å²) in [4.78, 5) is 29.1. The van der Waals surface area contributed by atoms with E-state index in [1.54, 1.807) is 12.0 Å². The molecule has 6 heteroatoms. The van der Waals surface area contributed by atoms with Gasteiger partial charge in [-0.25, -0.2) is 0 Å². The zero-order chi connectivity index (χ0) is 19.6. The molecule has 1 aliphatic heterocycles. The normalized spacial score (nSPS) is 14.4. The van der Waals surface area contributed by atoms with E-state index in [4.69, 9.17) is 4.74 Å². The molecule has 0 saturated carbocycles. The molecule has 0 radical (unpaired) electrons. The van der Waals surface area contributed by atoms with Gasteiger partial charge in [-0.15, -0.1) is 0 Å². The van der Waals surface area contributed by atoms with Crippen molar-refractivity contribution >= 4 is 11.8 Å². The van der Waals surface area contributed by atoms with Crippen LogP contribution in [0.3, 0.4) is 0 Å². The van der Waals surface area contributed by atoms with E-state index in [0.29, 0.717) is 43.9 Å². The van der Waals surface area contributed by atoms with Gasteiger partial charge in [0.05, 0.1) is 19.1 Å². The van der Waals surface area contributed by atoms with E-state index in [0.717, 1.165) is 16.7 Å². The molecule has 0 unspecified atom stereocenters. The van der Waals surface area contributed by atoms with Gasteiger partial charge in [0.15, 0.2) is 0 Å². The van der Waals surface area contributed by atoms with E-state index in [1.165, 1.54) is 0 Å². The van der Waals surface area contributed by atoms with Crippen LogP contribution in [0.1, 0.15) is 27.0 Å². The summed E-state index contributed by atoms with van der Waals surface area (Å²) in [6.45, 7) is 6.19. The third-order valence-electron chi connectivity index (χ3n) is 5.21. The molecule has 3 rings (SSSR count). The zero-order valence-electron chi connectivity index (χ0n) is 16.5. The van der Waals surface area contributed by atoms with Crippen LogP contribution < -0.4 is 4.74 Å². The second kappa shape index (κ2) is 7.86. The Morgan fingerprint density at radius 2 is 1.67 bits per heavy atom. The third kappa shape index (κ3) is 4.15. The van der Waals surface area contributed by atoms with Gasteiger partial charge < -0.3 is 19.1 Å². The summed E-state index contributed by atoms with van der Waals surface area (Å²) in [6.07, 6.45) is 4.31. The monoisotopic (exact) mass is 369 g/mol. The lowest BCUT2D eigenvalue weighted by molar-refractivity contribution is -0.131. The van der Waals surface area contributed by atoms with Crippen LogP contribution in [0.2, 0.25) is 0 Å². The number of ether oxygens (including phenoxy) is 1. The van der Waals surface area contributed by atoms with Crippen LogP contribution >= 0.6 is 0 Å². The molecule has 0 spiro atoms. The fraction of sp³-hybridized carbons (Fsp3) is 0.429. The number of hydrogen-bond acceptors (Lipinski definition) is 3. The number of nitrogens with zero attached hydrogens (tertiary/aromatic N) is 3. The number of aromatic nitrogens is 1. The molecular weight excluding hydrogens is 342 g/mol. The Kier molecular flexibility index (Phi) is 5.54. The van der Waals surface area contributed by atoms with E-state index in [2.05, 4.69) is 0 Å². The van der Waals surface area contributed by atoms with Crippen LogP contribution in [0, 0.1) is 13.8 Å². The van der Waals surface area contributed by atoms with Crippen LogP contribution in [0.15, 0.2) is 30.6 Å².